The Balaban J connectivity index is 1.67. The fraction of sp³-hybridized carbons (Fsp3) is 0.429. The van der Waals surface area contributed by atoms with E-state index in [2.05, 4.69) is 47.0 Å². The largest absolute Gasteiger partial charge is 0.372 e. The summed E-state index contributed by atoms with van der Waals surface area (Å²) in [5, 5.41) is 4.41. The topological polar surface area (TPSA) is 76.1 Å². The third-order valence-corrected chi connectivity index (χ3v) is 4.93. The number of rotatable bonds is 5. The van der Waals surface area contributed by atoms with E-state index in [1.54, 1.807) is 6.20 Å². The van der Waals surface area contributed by atoms with Gasteiger partial charge in [0.25, 0.3) is 0 Å². The van der Waals surface area contributed by atoms with Crippen molar-refractivity contribution in [3.8, 4) is 0 Å². The van der Waals surface area contributed by atoms with Gasteiger partial charge in [0.15, 0.2) is 5.65 Å². The second kappa shape index (κ2) is 7.67. The quantitative estimate of drug-likeness (QED) is 0.730. The number of hydrogen-bond donors (Lipinski definition) is 1. The van der Waals surface area contributed by atoms with Gasteiger partial charge in [-0.3, -0.25) is 4.98 Å². The predicted octanol–water partition coefficient (Wildman–Crippen LogP) is 3.21. The Hall–Kier alpha value is -2.80. The lowest BCUT2D eigenvalue weighted by Gasteiger charge is -2.38. The molecule has 7 nitrogen and oxygen atoms in total. The van der Waals surface area contributed by atoms with Crippen LogP contribution in [0, 0.1) is 0 Å². The van der Waals surface area contributed by atoms with Crippen LogP contribution in [0.1, 0.15) is 32.0 Å². The van der Waals surface area contributed by atoms with Crippen molar-refractivity contribution in [1.29, 1.82) is 0 Å². The molecule has 0 radical (unpaired) electrons. The van der Waals surface area contributed by atoms with Gasteiger partial charge in [0, 0.05) is 37.7 Å². The van der Waals surface area contributed by atoms with Crippen LogP contribution in [-0.2, 0) is 17.7 Å². The molecule has 0 amide bonds. The number of nitrogens with one attached hydrogen (secondary N) is 1. The molecule has 3 aromatic heterocycles. The van der Waals surface area contributed by atoms with E-state index in [1.165, 1.54) is 5.56 Å². The van der Waals surface area contributed by atoms with E-state index in [4.69, 9.17) is 14.7 Å². The van der Waals surface area contributed by atoms with Crippen molar-refractivity contribution in [3.63, 3.8) is 0 Å². The third-order valence-electron chi connectivity index (χ3n) is 4.93. The van der Waals surface area contributed by atoms with Gasteiger partial charge in [0.05, 0.1) is 17.6 Å². The minimum absolute atomic E-state index is 0.222. The molecule has 7 heteroatoms. The molecule has 28 heavy (non-hydrogen) atoms. The van der Waals surface area contributed by atoms with Crippen molar-refractivity contribution in [1.82, 2.24) is 19.9 Å². The normalized spacial score (nSPS) is 16.3. The number of fused-ring (bicyclic) bond motifs is 1. The SMILES string of the molecule is CCc1ncccc1CNc1nc(N2CCOC(C)(C)C2)nc2ncccc12. The Labute approximate surface area is 165 Å². The van der Waals surface area contributed by atoms with Crippen LogP contribution in [0.15, 0.2) is 36.7 Å². The molecule has 1 saturated heterocycles. The van der Waals surface area contributed by atoms with E-state index >= 15 is 0 Å². The van der Waals surface area contributed by atoms with Crippen LogP contribution in [0.25, 0.3) is 11.0 Å². The highest BCUT2D eigenvalue weighted by Gasteiger charge is 2.29. The summed E-state index contributed by atoms with van der Waals surface area (Å²) < 4.78 is 5.83. The molecule has 1 aliphatic heterocycles. The van der Waals surface area contributed by atoms with Crippen LogP contribution >= 0.6 is 0 Å². The summed E-state index contributed by atoms with van der Waals surface area (Å²) in [7, 11) is 0. The van der Waals surface area contributed by atoms with Crippen molar-refractivity contribution in [2.24, 2.45) is 0 Å². The molecule has 4 rings (SSSR count). The highest BCUT2D eigenvalue weighted by molar-refractivity contribution is 5.87. The molecule has 0 atom stereocenters. The first-order chi connectivity index (χ1) is 13.6. The van der Waals surface area contributed by atoms with E-state index in [0.29, 0.717) is 24.7 Å². The van der Waals surface area contributed by atoms with E-state index in [1.807, 2.05) is 24.4 Å². The van der Waals surface area contributed by atoms with Gasteiger partial charge in [0.1, 0.15) is 5.82 Å². The summed E-state index contributed by atoms with van der Waals surface area (Å²) in [5.74, 6) is 1.48. The Bertz CT molecular complexity index is 974. The fourth-order valence-corrected chi connectivity index (χ4v) is 3.54. The Morgan fingerprint density at radius 2 is 1.96 bits per heavy atom. The monoisotopic (exact) mass is 378 g/mol. The summed E-state index contributed by atoms with van der Waals surface area (Å²) in [6.45, 7) is 9.13. The summed E-state index contributed by atoms with van der Waals surface area (Å²) in [4.78, 5) is 20.7. The second-order valence-corrected chi connectivity index (χ2v) is 7.59. The van der Waals surface area contributed by atoms with E-state index < -0.39 is 0 Å². The Morgan fingerprint density at radius 3 is 2.79 bits per heavy atom. The lowest BCUT2D eigenvalue weighted by Crippen LogP contribution is -2.49. The standard InChI is InChI=1S/C21H26N6O/c1-4-17-15(7-5-9-22-17)13-24-19-16-8-6-10-23-18(16)25-20(26-19)27-11-12-28-21(2,3)14-27/h5-10H,4,11-14H2,1-3H3,(H,23,24,25,26). The van der Waals surface area contributed by atoms with Crippen LogP contribution in [-0.4, -0.2) is 45.2 Å². The average Bonchev–Trinajstić information content (AvgIpc) is 2.71. The second-order valence-electron chi connectivity index (χ2n) is 7.59. The van der Waals surface area contributed by atoms with Crippen LogP contribution in [0.5, 0.6) is 0 Å². The van der Waals surface area contributed by atoms with Gasteiger partial charge < -0.3 is 15.0 Å². The number of nitrogens with zero attached hydrogens (tertiary/aromatic N) is 5. The first-order valence-electron chi connectivity index (χ1n) is 9.74. The maximum atomic E-state index is 5.83. The van der Waals surface area contributed by atoms with Crippen molar-refractivity contribution in [2.45, 2.75) is 39.3 Å². The molecule has 0 spiro atoms. The number of morpholine rings is 1. The zero-order chi connectivity index (χ0) is 19.6. The van der Waals surface area contributed by atoms with E-state index in [-0.39, 0.29) is 5.60 Å². The molecule has 146 valence electrons. The molecule has 0 aliphatic carbocycles. The molecule has 0 bridgehead atoms. The Morgan fingerprint density at radius 1 is 1.14 bits per heavy atom. The predicted molar refractivity (Wildman–Crippen MR) is 111 cm³/mol. The highest BCUT2D eigenvalue weighted by Crippen LogP contribution is 2.26. The summed E-state index contributed by atoms with van der Waals surface area (Å²) in [6.07, 6.45) is 4.51. The summed E-state index contributed by atoms with van der Waals surface area (Å²) in [6, 6.07) is 7.99. The zero-order valence-corrected chi connectivity index (χ0v) is 16.6. The van der Waals surface area contributed by atoms with Gasteiger partial charge in [-0.25, -0.2) is 4.98 Å². The van der Waals surface area contributed by atoms with Gasteiger partial charge in [-0.15, -0.1) is 0 Å². The number of hydrogen-bond acceptors (Lipinski definition) is 7. The van der Waals surface area contributed by atoms with Gasteiger partial charge in [0.2, 0.25) is 5.95 Å². The van der Waals surface area contributed by atoms with Crippen molar-refractivity contribution < 1.29 is 4.74 Å². The minimum atomic E-state index is -0.222. The van der Waals surface area contributed by atoms with E-state index in [0.717, 1.165) is 36.4 Å². The molecule has 3 aromatic rings. The maximum absolute atomic E-state index is 5.83. The van der Waals surface area contributed by atoms with Crippen molar-refractivity contribution in [2.75, 3.05) is 29.9 Å². The van der Waals surface area contributed by atoms with Gasteiger partial charge in [-0.05, 0) is 44.0 Å². The molecule has 0 saturated carbocycles. The summed E-state index contributed by atoms with van der Waals surface area (Å²) in [5.41, 5.74) is 2.75. The third kappa shape index (κ3) is 3.89. The first-order valence-corrected chi connectivity index (χ1v) is 9.74. The molecule has 1 aliphatic rings. The zero-order valence-electron chi connectivity index (χ0n) is 16.6. The van der Waals surface area contributed by atoms with Crippen LogP contribution in [0.3, 0.4) is 0 Å². The van der Waals surface area contributed by atoms with Crippen molar-refractivity contribution >= 4 is 22.8 Å². The number of ether oxygens (including phenoxy) is 1. The molecule has 1 fully saturated rings. The minimum Gasteiger partial charge on any atom is -0.372 e. The maximum Gasteiger partial charge on any atom is 0.229 e. The highest BCUT2D eigenvalue weighted by atomic mass is 16.5. The lowest BCUT2D eigenvalue weighted by atomic mass is 10.1. The smallest absolute Gasteiger partial charge is 0.229 e. The van der Waals surface area contributed by atoms with Gasteiger partial charge >= 0.3 is 0 Å². The van der Waals surface area contributed by atoms with Crippen LogP contribution in [0.2, 0.25) is 0 Å². The molecule has 4 heterocycles. The van der Waals surface area contributed by atoms with Crippen LogP contribution in [0.4, 0.5) is 11.8 Å². The first kappa shape index (κ1) is 18.6. The van der Waals surface area contributed by atoms with Gasteiger partial charge in [-0.1, -0.05) is 13.0 Å². The molecular weight excluding hydrogens is 352 g/mol. The van der Waals surface area contributed by atoms with E-state index in [9.17, 15) is 0 Å². The number of aromatic nitrogens is 4. The molecule has 1 N–H and O–H groups in total. The molecule has 0 unspecified atom stereocenters. The average molecular weight is 378 g/mol. The fourth-order valence-electron chi connectivity index (χ4n) is 3.54. The van der Waals surface area contributed by atoms with Gasteiger partial charge in [-0.2, -0.15) is 9.97 Å². The van der Waals surface area contributed by atoms with Crippen LogP contribution < -0.4 is 10.2 Å². The summed E-state index contributed by atoms with van der Waals surface area (Å²) >= 11 is 0. The number of pyridine rings is 2. The van der Waals surface area contributed by atoms with Crippen molar-refractivity contribution in [3.05, 3.63) is 47.9 Å². The number of anilines is 2. The molecular formula is C21H26N6O. The lowest BCUT2D eigenvalue weighted by molar-refractivity contribution is -0.0281. The Kier molecular flexibility index (Phi) is 5.09. The molecule has 0 aromatic carbocycles. The number of aryl methyl sites for hydroxylation is 1.